The molecule has 21 heavy (non-hydrogen) atoms. The first kappa shape index (κ1) is 16.1. The maximum absolute atomic E-state index is 12.2. The second kappa shape index (κ2) is 7.64. The van der Waals surface area contributed by atoms with Gasteiger partial charge >= 0.3 is 6.03 Å². The predicted molar refractivity (Wildman–Crippen MR) is 82.1 cm³/mol. The van der Waals surface area contributed by atoms with E-state index in [1.165, 1.54) is 19.3 Å². The van der Waals surface area contributed by atoms with Gasteiger partial charge in [0, 0.05) is 52.7 Å². The summed E-state index contributed by atoms with van der Waals surface area (Å²) in [7, 11) is 3.52. The van der Waals surface area contributed by atoms with Gasteiger partial charge in [-0.25, -0.2) is 4.79 Å². The highest BCUT2D eigenvalue weighted by molar-refractivity contribution is 5.77. The summed E-state index contributed by atoms with van der Waals surface area (Å²) in [5, 5.41) is 3.48. The lowest BCUT2D eigenvalue weighted by atomic mass is 10.0. The number of piperidine rings is 1. The van der Waals surface area contributed by atoms with Gasteiger partial charge in [0.05, 0.1) is 0 Å². The maximum atomic E-state index is 12.2. The Morgan fingerprint density at radius 1 is 1.10 bits per heavy atom. The molecule has 0 aromatic heterocycles. The molecule has 2 fully saturated rings. The van der Waals surface area contributed by atoms with Crippen molar-refractivity contribution in [1.82, 2.24) is 20.0 Å². The normalized spacial score (nSPS) is 23.0. The molecule has 1 unspecified atom stereocenters. The van der Waals surface area contributed by atoms with Gasteiger partial charge in [-0.2, -0.15) is 0 Å². The zero-order valence-corrected chi connectivity index (χ0v) is 13.3. The maximum Gasteiger partial charge on any atom is 0.319 e. The molecule has 1 atom stereocenters. The van der Waals surface area contributed by atoms with E-state index < -0.39 is 0 Å². The summed E-state index contributed by atoms with van der Waals surface area (Å²) >= 11 is 0. The molecule has 0 aliphatic carbocycles. The number of carbonyl (C=O) groups is 2. The summed E-state index contributed by atoms with van der Waals surface area (Å²) in [6.07, 6.45) is 5.29. The molecule has 2 heterocycles. The summed E-state index contributed by atoms with van der Waals surface area (Å²) in [6, 6.07) is 0.549. The van der Waals surface area contributed by atoms with Gasteiger partial charge < -0.3 is 20.0 Å². The van der Waals surface area contributed by atoms with Crippen molar-refractivity contribution < 1.29 is 9.59 Å². The minimum Gasteiger partial charge on any atom is -0.339 e. The smallest absolute Gasteiger partial charge is 0.319 e. The third-order valence-corrected chi connectivity index (χ3v) is 4.40. The standard InChI is InChI=1S/C15H28N4O2/c1-17(2)15(21)19-11-9-18(10-12-19)14(20)7-6-13-5-3-4-8-16-13/h13,16H,3-12H2,1-2H3. The predicted octanol–water partition coefficient (Wildman–Crippen LogP) is 0.735. The molecule has 6 heteroatoms. The van der Waals surface area contributed by atoms with Crippen LogP contribution in [0, 0.1) is 0 Å². The topological polar surface area (TPSA) is 55.9 Å². The lowest BCUT2D eigenvalue weighted by Crippen LogP contribution is -2.53. The van der Waals surface area contributed by atoms with Crippen LogP contribution in [0.2, 0.25) is 0 Å². The van der Waals surface area contributed by atoms with Crippen LogP contribution in [0.3, 0.4) is 0 Å². The average molecular weight is 296 g/mol. The van der Waals surface area contributed by atoms with Crippen LogP contribution in [0.1, 0.15) is 32.1 Å². The Bertz CT molecular complexity index is 359. The number of hydrogen-bond donors (Lipinski definition) is 1. The van der Waals surface area contributed by atoms with Crippen LogP contribution in [0.5, 0.6) is 0 Å². The van der Waals surface area contributed by atoms with E-state index in [9.17, 15) is 9.59 Å². The lowest BCUT2D eigenvalue weighted by Gasteiger charge is -2.36. The van der Waals surface area contributed by atoms with Gasteiger partial charge in [0.1, 0.15) is 0 Å². The monoisotopic (exact) mass is 296 g/mol. The van der Waals surface area contributed by atoms with Gasteiger partial charge in [-0.15, -0.1) is 0 Å². The molecule has 2 rings (SSSR count). The third-order valence-electron chi connectivity index (χ3n) is 4.40. The molecular weight excluding hydrogens is 268 g/mol. The molecule has 2 saturated heterocycles. The minimum atomic E-state index is 0.0357. The van der Waals surface area contributed by atoms with Crippen LogP contribution in [-0.2, 0) is 4.79 Å². The van der Waals surface area contributed by atoms with Crippen molar-refractivity contribution in [2.24, 2.45) is 0 Å². The third kappa shape index (κ3) is 4.59. The molecule has 6 nitrogen and oxygen atoms in total. The zero-order chi connectivity index (χ0) is 15.2. The van der Waals surface area contributed by atoms with Crippen molar-refractivity contribution >= 4 is 11.9 Å². The van der Waals surface area contributed by atoms with Crippen molar-refractivity contribution in [3.63, 3.8) is 0 Å². The molecule has 2 aliphatic heterocycles. The van der Waals surface area contributed by atoms with E-state index in [-0.39, 0.29) is 11.9 Å². The fourth-order valence-electron chi connectivity index (χ4n) is 3.06. The number of hydrogen-bond acceptors (Lipinski definition) is 3. The van der Waals surface area contributed by atoms with E-state index in [0.717, 1.165) is 13.0 Å². The average Bonchev–Trinajstić information content (AvgIpc) is 2.53. The molecular formula is C15H28N4O2. The fourth-order valence-corrected chi connectivity index (χ4v) is 3.06. The molecule has 0 bridgehead atoms. The van der Waals surface area contributed by atoms with Gasteiger partial charge in [0.15, 0.2) is 0 Å². The van der Waals surface area contributed by atoms with Crippen LogP contribution >= 0.6 is 0 Å². The van der Waals surface area contributed by atoms with E-state index in [1.54, 1.807) is 19.0 Å². The number of piperazine rings is 1. The lowest BCUT2D eigenvalue weighted by molar-refractivity contribution is -0.132. The quantitative estimate of drug-likeness (QED) is 0.835. The number of nitrogens with one attached hydrogen (secondary N) is 1. The Hall–Kier alpha value is -1.30. The van der Waals surface area contributed by atoms with E-state index >= 15 is 0 Å². The SMILES string of the molecule is CN(C)C(=O)N1CCN(C(=O)CCC2CCCCN2)CC1. The van der Waals surface area contributed by atoms with E-state index in [4.69, 9.17) is 0 Å². The Kier molecular flexibility index (Phi) is 5.85. The molecule has 3 amide bonds. The summed E-state index contributed by atoms with van der Waals surface area (Å²) in [4.78, 5) is 29.4. The second-order valence-corrected chi connectivity index (χ2v) is 6.23. The van der Waals surface area contributed by atoms with Crippen LogP contribution in [-0.4, -0.2) is 79.5 Å². The number of amides is 3. The molecule has 2 aliphatic rings. The van der Waals surface area contributed by atoms with Crippen molar-refractivity contribution in [3.05, 3.63) is 0 Å². The van der Waals surface area contributed by atoms with Crippen LogP contribution in [0.25, 0.3) is 0 Å². The van der Waals surface area contributed by atoms with Gasteiger partial charge in [-0.1, -0.05) is 6.42 Å². The summed E-state index contributed by atoms with van der Waals surface area (Å²) in [6.45, 7) is 3.70. The van der Waals surface area contributed by atoms with E-state index in [0.29, 0.717) is 38.6 Å². The first-order valence-electron chi connectivity index (χ1n) is 8.05. The van der Waals surface area contributed by atoms with Crippen molar-refractivity contribution in [3.8, 4) is 0 Å². The zero-order valence-electron chi connectivity index (χ0n) is 13.3. The van der Waals surface area contributed by atoms with Crippen LogP contribution in [0.15, 0.2) is 0 Å². The highest BCUT2D eigenvalue weighted by Gasteiger charge is 2.25. The van der Waals surface area contributed by atoms with Crippen LogP contribution < -0.4 is 5.32 Å². The number of carbonyl (C=O) groups excluding carboxylic acids is 2. The molecule has 1 N–H and O–H groups in total. The van der Waals surface area contributed by atoms with Gasteiger partial charge in [0.25, 0.3) is 0 Å². The summed E-state index contributed by atoms with van der Waals surface area (Å²) in [5.74, 6) is 0.235. The van der Waals surface area contributed by atoms with Crippen molar-refractivity contribution in [2.45, 2.75) is 38.1 Å². The van der Waals surface area contributed by atoms with Crippen molar-refractivity contribution in [1.29, 1.82) is 0 Å². The highest BCUT2D eigenvalue weighted by atomic mass is 16.2. The first-order valence-corrected chi connectivity index (χ1v) is 8.05. The molecule has 0 spiro atoms. The number of urea groups is 1. The molecule has 0 aromatic carbocycles. The Morgan fingerprint density at radius 3 is 2.33 bits per heavy atom. The highest BCUT2D eigenvalue weighted by Crippen LogP contribution is 2.13. The first-order chi connectivity index (χ1) is 10.1. The Labute approximate surface area is 127 Å². The Balaban J connectivity index is 1.69. The number of rotatable bonds is 3. The fraction of sp³-hybridized carbons (Fsp3) is 0.867. The van der Waals surface area contributed by atoms with Gasteiger partial charge in [-0.3, -0.25) is 4.79 Å². The second-order valence-electron chi connectivity index (χ2n) is 6.23. The molecule has 0 saturated carbocycles. The van der Waals surface area contributed by atoms with E-state index in [2.05, 4.69) is 5.32 Å². The summed E-state index contributed by atoms with van der Waals surface area (Å²) < 4.78 is 0. The van der Waals surface area contributed by atoms with Crippen LogP contribution in [0.4, 0.5) is 4.79 Å². The molecule has 120 valence electrons. The Morgan fingerprint density at radius 2 is 1.76 bits per heavy atom. The molecule has 0 aromatic rings. The minimum absolute atomic E-state index is 0.0357. The van der Waals surface area contributed by atoms with Crippen molar-refractivity contribution in [2.75, 3.05) is 46.8 Å². The summed E-state index contributed by atoms with van der Waals surface area (Å²) in [5.41, 5.74) is 0. The van der Waals surface area contributed by atoms with E-state index in [1.807, 2.05) is 9.80 Å². The van der Waals surface area contributed by atoms with Gasteiger partial charge in [0.2, 0.25) is 5.91 Å². The van der Waals surface area contributed by atoms with Gasteiger partial charge in [-0.05, 0) is 25.8 Å². The largest absolute Gasteiger partial charge is 0.339 e. The number of nitrogens with zero attached hydrogens (tertiary/aromatic N) is 3. The molecule has 0 radical (unpaired) electrons.